The van der Waals surface area contributed by atoms with Gasteiger partial charge in [0.05, 0.1) is 6.10 Å². The lowest BCUT2D eigenvalue weighted by Crippen LogP contribution is -2.36. The Labute approximate surface area is 93.7 Å². The average Bonchev–Trinajstić information content (AvgIpc) is 3.05. The first kappa shape index (κ1) is 11.4. The average molecular weight is 211 g/mol. The van der Waals surface area contributed by atoms with Crippen LogP contribution in [-0.4, -0.2) is 35.2 Å². The molecule has 88 valence electrons. The van der Waals surface area contributed by atoms with Crippen molar-refractivity contribution < 1.29 is 5.11 Å². The van der Waals surface area contributed by atoms with Crippen molar-refractivity contribution in [3.05, 3.63) is 0 Å². The molecule has 2 aliphatic carbocycles. The second-order valence-electron chi connectivity index (χ2n) is 5.81. The van der Waals surface area contributed by atoms with Crippen LogP contribution in [0.4, 0.5) is 0 Å². The fourth-order valence-electron chi connectivity index (χ4n) is 2.16. The van der Waals surface area contributed by atoms with Gasteiger partial charge < -0.3 is 5.11 Å². The van der Waals surface area contributed by atoms with E-state index in [4.69, 9.17) is 0 Å². The highest BCUT2D eigenvalue weighted by molar-refractivity contribution is 4.89. The summed E-state index contributed by atoms with van der Waals surface area (Å²) in [7, 11) is 0. The van der Waals surface area contributed by atoms with Gasteiger partial charge in [0.25, 0.3) is 0 Å². The Morgan fingerprint density at radius 2 is 1.87 bits per heavy atom. The number of aliphatic hydroxyl groups is 1. The van der Waals surface area contributed by atoms with Gasteiger partial charge in [-0.1, -0.05) is 13.8 Å². The van der Waals surface area contributed by atoms with E-state index < -0.39 is 0 Å². The Kier molecular flexibility index (Phi) is 3.68. The van der Waals surface area contributed by atoms with E-state index in [1.807, 2.05) is 0 Å². The van der Waals surface area contributed by atoms with E-state index in [-0.39, 0.29) is 6.10 Å². The van der Waals surface area contributed by atoms with Crippen molar-refractivity contribution in [1.29, 1.82) is 0 Å². The maximum atomic E-state index is 9.96. The molecule has 1 unspecified atom stereocenters. The van der Waals surface area contributed by atoms with Crippen LogP contribution < -0.4 is 0 Å². The summed E-state index contributed by atoms with van der Waals surface area (Å²) in [6.07, 6.45) is 6.45. The molecule has 1 atom stereocenters. The van der Waals surface area contributed by atoms with Crippen molar-refractivity contribution in [3.8, 4) is 0 Å². The fourth-order valence-corrected chi connectivity index (χ4v) is 2.16. The van der Waals surface area contributed by atoms with Crippen molar-refractivity contribution in [2.75, 3.05) is 13.1 Å². The zero-order valence-corrected chi connectivity index (χ0v) is 10.2. The lowest BCUT2D eigenvalue weighted by molar-refractivity contribution is 0.0887. The number of hydrogen-bond acceptors (Lipinski definition) is 2. The van der Waals surface area contributed by atoms with Crippen LogP contribution in [0.25, 0.3) is 0 Å². The summed E-state index contributed by atoms with van der Waals surface area (Å²) in [4.78, 5) is 2.53. The van der Waals surface area contributed by atoms with Crippen molar-refractivity contribution >= 4 is 0 Å². The van der Waals surface area contributed by atoms with Gasteiger partial charge in [-0.05, 0) is 50.5 Å². The Hall–Kier alpha value is -0.0800. The van der Waals surface area contributed by atoms with Crippen LogP contribution in [0.1, 0.15) is 46.0 Å². The topological polar surface area (TPSA) is 23.5 Å². The minimum atomic E-state index is -0.0437. The monoisotopic (exact) mass is 211 g/mol. The van der Waals surface area contributed by atoms with Crippen LogP contribution in [0.15, 0.2) is 0 Å². The van der Waals surface area contributed by atoms with E-state index in [1.165, 1.54) is 38.6 Å². The van der Waals surface area contributed by atoms with Gasteiger partial charge in [-0.3, -0.25) is 4.90 Å². The third-order valence-electron chi connectivity index (χ3n) is 3.64. The summed E-state index contributed by atoms with van der Waals surface area (Å²) in [5, 5.41) is 9.96. The minimum absolute atomic E-state index is 0.0437. The Bertz CT molecular complexity index is 197. The summed E-state index contributed by atoms with van der Waals surface area (Å²) in [6.45, 7) is 6.68. The zero-order valence-electron chi connectivity index (χ0n) is 10.2. The molecule has 2 nitrogen and oxygen atoms in total. The van der Waals surface area contributed by atoms with Gasteiger partial charge in [0.1, 0.15) is 0 Å². The van der Waals surface area contributed by atoms with E-state index in [0.29, 0.717) is 5.92 Å². The van der Waals surface area contributed by atoms with E-state index in [2.05, 4.69) is 18.7 Å². The van der Waals surface area contributed by atoms with Gasteiger partial charge >= 0.3 is 0 Å². The highest BCUT2D eigenvalue weighted by atomic mass is 16.3. The van der Waals surface area contributed by atoms with Gasteiger partial charge in [-0.15, -0.1) is 0 Å². The van der Waals surface area contributed by atoms with Crippen LogP contribution in [0, 0.1) is 11.8 Å². The van der Waals surface area contributed by atoms with Crippen LogP contribution >= 0.6 is 0 Å². The molecule has 2 aliphatic rings. The normalized spacial score (nSPS) is 23.8. The second-order valence-corrected chi connectivity index (χ2v) is 5.81. The lowest BCUT2D eigenvalue weighted by atomic mass is 10.1. The molecule has 2 fully saturated rings. The van der Waals surface area contributed by atoms with Crippen LogP contribution in [-0.2, 0) is 0 Å². The second kappa shape index (κ2) is 4.84. The van der Waals surface area contributed by atoms with Crippen LogP contribution in [0.5, 0.6) is 0 Å². The molecule has 0 spiro atoms. The molecule has 0 bridgehead atoms. The standard InChI is InChI=1S/C13H25NO/c1-10(2)7-8-14(12-5-6-12)9-13(15)11-3-4-11/h10-13,15H,3-9H2,1-2H3. The van der Waals surface area contributed by atoms with E-state index in [1.54, 1.807) is 0 Å². The molecule has 2 heteroatoms. The Morgan fingerprint density at radius 3 is 2.33 bits per heavy atom. The molecule has 2 saturated carbocycles. The lowest BCUT2D eigenvalue weighted by Gasteiger charge is -2.25. The first-order chi connectivity index (χ1) is 7.16. The summed E-state index contributed by atoms with van der Waals surface area (Å²) >= 11 is 0. The molecule has 0 radical (unpaired) electrons. The molecule has 0 aromatic rings. The van der Waals surface area contributed by atoms with Gasteiger partial charge in [-0.2, -0.15) is 0 Å². The minimum Gasteiger partial charge on any atom is -0.392 e. The molecular weight excluding hydrogens is 186 g/mol. The molecule has 0 amide bonds. The number of rotatable bonds is 7. The maximum Gasteiger partial charge on any atom is 0.0695 e. The van der Waals surface area contributed by atoms with Crippen LogP contribution in [0.2, 0.25) is 0 Å². The SMILES string of the molecule is CC(C)CCN(CC(O)C1CC1)C1CC1. The largest absolute Gasteiger partial charge is 0.392 e. The van der Waals surface area contributed by atoms with Crippen molar-refractivity contribution in [1.82, 2.24) is 4.90 Å². The zero-order chi connectivity index (χ0) is 10.8. The third kappa shape index (κ3) is 3.76. The van der Waals surface area contributed by atoms with Crippen molar-refractivity contribution in [3.63, 3.8) is 0 Å². The van der Waals surface area contributed by atoms with Crippen molar-refractivity contribution in [2.24, 2.45) is 11.8 Å². The summed E-state index contributed by atoms with van der Waals surface area (Å²) in [5.41, 5.74) is 0. The molecule has 15 heavy (non-hydrogen) atoms. The molecule has 0 aliphatic heterocycles. The third-order valence-corrected chi connectivity index (χ3v) is 3.64. The van der Waals surface area contributed by atoms with E-state index in [9.17, 15) is 5.11 Å². The summed E-state index contributed by atoms with van der Waals surface area (Å²) < 4.78 is 0. The first-order valence-corrected chi connectivity index (χ1v) is 6.59. The summed E-state index contributed by atoms with van der Waals surface area (Å²) in [5.74, 6) is 1.41. The predicted molar refractivity (Wildman–Crippen MR) is 62.8 cm³/mol. The molecule has 1 N–H and O–H groups in total. The molecular formula is C13H25NO. The molecule has 0 aromatic carbocycles. The molecule has 0 aromatic heterocycles. The van der Waals surface area contributed by atoms with Crippen molar-refractivity contribution in [2.45, 2.75) is 58.1 Å². The van der Waals surface area contributed by atoms with Crippen LogP contribution in [0.3, 0.4) is 0 Å². The highest BCUT2D eigenvalue weighted by Crippen LogP contribution is 2.35. The predicted octanol–water partition coefficient (Wildman–Crippen LogP) is 2.27. The number of aliphatic hydroxyl groups excluding tert-OH is 1. The maximum absolute atomic E-state index is 9.96. The highest BCUT2D eigenvalue weighted by Gasteiger charge is 2.35. The number of nitrogens with zero attached hydrogens (tertiary/aromatic N) is 1. The summed E-state index contributed by atoms with van der Waals surface area (Å²) in [6, 6.07) is 0.803. The Morgan fingerprint density at radius 1 is 1.20 bits per heavy atom. The number of hydrogen-bond donors (Lipinski definition) is 1. The van der Waals surface area contributed by atoms with Gasteiger partial charge in [0.2, 0.25) is 0 Å². The molecule has 0 heterocycles. The van der Waals surface area contributed by atoms with E-state index in [0.717, 1.165) is 18.5 Å². The smallest absolute Gasteiger partial charge is 0.0695 e. The first-order valence-electron chi connectivity index (χ1n) is 6.59. The fraction of sp³-hybridized carbons (Fsp3) is 1.00. The van der Waals surface area contributed by atoms with E-state index >= 15 is 0 Å². The van der Waals surface area contributed by atoms with Gasteiger partial charge in [0, 0.05) is 12.6 Å². The molecule has 0 saturated heterocycles. The van der Waals surface area contributed by atoms with Gasteiger partial charge in [0.15, 0.2) is 0 Å². The van der Waals surface area contributed by atoms with Gasteiger partial charge in [-0.25, -0.2) is 0 Å². The molecule has 2 rings (SSSR count). The quantitative estimate of drug-likeness (QED) is 0.698. The Balaban J connectivity index is 1.72.